The summed E-state index contributed by atoms with van der Waals surface area (Å²) < 4.78 is 0. The van der Waals surface area contributed by atoms with Crippen molar-refractivity contribution in [3.8, 4) is 0 Å². The van der Waals surface area contributed by atoms with Crippen molar-refractivity contribution in [2.24, 2.45) is 0 Å². The molecule has 0 aliphatic heterocycles. The molecule has 0 heterocycles. The van der Waals surface area contributed by atoms with E-state index in [-0.39, 0.29) is 6.10 Å². The van der Waals surface area contributed by atoms with Crippen LogP contribution >= 0.6 is 0 Å². The lowest BCUT2D eigenvalue weighted by molar-refractivity contribution is 0.211. The first-order valence-electron chi connectivity index (χ1n) is 6.26. The Morgan fingerprint density at radius 1 is 1.06 bits per heavy atom. The lowest BCUT2D eigenvalue weighted by atomic mass is 10.0. The Morgan fingerprint density at radius 2 is 1.88 bits per heavy atom. The van der Waals surface area contributed by atoms with Gasteiger partial charge in [0.05, 0.1) is 6.10 Å². The van der Waals surface area contributed by atoms with Gasteiger partial charge in [-0.3, -0.25) is 0 Å². The molecule has 0 amide bonds. The Balaban J connectivity index is 1.89. The fourth-order valence-corrected chi connectivity index (χ4v) is 2.30. The Kier molecular flexibility index (Phi) is 4.17. The smallest absolute Gasteiger partial charge is 0.0723 e. The summed E-state index contributed by atoms with van der Waals surface area (Å²) in [6.07, 6.45) is 8.58. The number of aryl methyl sites for hydroxylation is 1. The summed E-state index contributed by atoms with van der Waals surface area (Å²) in [4.78, 5) is 0. The number of aliphatic hydroxyl groups excluding tert-OH is 1. The van der Waals surface area contributed by atoms with Crippen LogP contribution in [0.5, 0.6) is 0 Å². The van der Waals surface area contributed by atoms with Gasteiger partial charge in [-0.05, 0) is 37.7 Å². The van der Waals surface area contributed by atoms with Gasteiger partial charge >= 0.3 is 0 Å². The largest absolute Gasteiger partial charge is 0.389 e. The van der Waals surface area contributed by atoms with E-state index in [4.69, 9.17) is 0 Å². The fourth-order valence-electron chi connectivity index (χ4n) is 2.30. The fraction of sp³-hybridized carbons (Fsp3) is 0.467. The first-order chi connectivity index (χ1) is 7.84. The summed E-state index contributed by atoms with van der Waals surface area (Å²) in [7, 11) is 0. The van der Waals surface area contributed by atoms with E-state index in [0.29, 0.717) is 0 Å². The summed E-state index contributed by atoms with van der Waals surface area (Å²) in [5, 5.41) is 9.68. The van der Waals surface area contributed by atoms with Crippen molar-refractivity contribution in [1.82, 2.24) is 0 Å². The molecular weight excluding hydrogens is 196 g/mol. The molecule has 1 unspecified atom stereocenters. The van der Waals surface area contributed by atoms with Crippen LogP contribution in [0.3, 0.4) is 0 Å². The molecule has 1 aliphatic carbocycles. The molecule has 0 saturated carbocycles. The van der Waals surface area contributed by atoms with E-state index in [9.17, 15) is 5.11 Å². The van der Waals surface area contributed by atoms with E-state index in [2.05, 4.69) is 36.4 Å². The first-order valence-corrected chi connectivity index (χ1v) is 6.26. The van der Waals surface area contributed by atoms with Crippen LogP contribution in [0.2, 0.25) is 0 Å². The van der Waals surface area contributed by atoms with Crippen LogP contribution in [0.4, 0.5) is 0 Å². The molecule has 16 heavy (non-hydrogen) atoms. The van der Waals surface area contributed by atoms with Gasteiger partial charge in [-0.25, -0.2) is 0 Å². The molecule has 1 aliphatic rings. The monoisotopic (exact) mass is 216 g/mol. The predicted molar refractivity (Wildman–Crippen MR) is 67.3 cm³/mol. The van der Waals surface area contributed by atoms with Crippen molar-refractivity contribution >= 4 is 0 Å². The minimum Gasteiger partial charge on any atom is -0.389 e. The van der Waals surface area contributed by atoms with Crippen molar-refractivity contribution < 1.29 is 5.11 Å². The van der Waals surface area contributed by atoms with E-state index in [1.165, 1.54) is 24.0 Å². The number of aliphatic hydroxyl groups is 1. The van der Waals surface area contributed by atoms with Crippen LogP contribution in [0.25, 0.3) is 0 Å². The maximum absolute atomic E-state index is 9.68. The zero-order valence-corrected chi connectivity index (χ0v) is 9.73. The third-order valence-corrected chi connectivity index (χ3v) is 3.25. The van der Waals surface area contributed by atoms with Crippen LogP contribution in [0.1, 0.15) is 37.7 Å². The summed E-state index contributed by atoms with van der Waals surface area (Å²) in [5.41, 5.74) is 2.83. The molecule has 1 N–H and O–H groups in total. The molecule has 0 fully saturated rings. The molecule has 0 radical (unpaired) electrons. The average molecular weight is 216 g/mol. The highest BCUT2D eigenvalue weighted by Crippen LogP contribution is 2.21. The van der Waals surface area contributed by atoms with E-state index in [1.807, 2.05) is 0 Å². The van der Waals surface area contributed by atoms with Gasteiger partial charge in [0.2, 0.25) is 0 Å². The predicted octanol–water partition coefficient (Wildman–Crippen LogP) is 3.48. The third kappa shape index (κ3) is 3.49. The maximum Gasteiger partial charge on any atom is 0.0723 e. The van der Waals surface area contributed by atoms with Gasteiger partial charge in [-0.1, -0.05) is 48.4 Å². The van der Waals surface area contributed by atoms with Gasteiger partial charge in [-0.2, -0.15) is 0 Å². The minimum absolute atomic E-state index is 0.201. The summed E-state index contributed by atoms with van der Waals surface area (Å²) >= 11 is 0. The number of allylic oxidation sites excluding steroid dienone is 1. The molecule has 0 aromatic heterocycles. The molecule has 0 bridgehead atoms. The quantitative estimate of drug-likeness (QED) is 0.767. The van der Waals surface area contributed by atoms with Gasteiger partial charge in [-0.15, -0.1) is 0 Å². The summed E-state index contributed by atoms with van der Waals surface area (Å²) in [5.74, 6) is 0. The van der Waals surface area contributed by atoms with Crippen molar-refractivity contribution in [3.63, 3.8) is 0 Å². The molecule has 2 rings (SSSR count). The molecule has 1 nitrogen and oxygen atoms in total. The SMILES string of the molecule is OC1C=C(CCc2ccccc2)CCCC1. The number of hydrogen-bond acceptors (Lipinski definition) is 1. The van der Waals surface area contributed by atoms with Crippen LogP contribution in [0.15, 0.2) is 42.0 Å². The van der Waals surface area contributed by atoms with E-state index < -0.39 is 0 Å². The summed E-state index contributed by atoms with van der Waals surface area (Å²) in [6, 6.07) is 10.6. The molecule has 0 saturated heterocycles. The Bertz CT molecular complexity index is 340. The molecule has 1 aromatic carbocycles. The van der Waals surface area contributed by atoms with Gasteiger partial charge in [0.15, 0.2) is 0 Å². The second-order valence-corrected chi connectivity index (χ2v) is 4.62. The normalized spacial score (nSPS) is 21.3. The van der Waals surface area contributed by atoms with Crippen molar-refractivity contribution in [3.05, 3.63) is 47.5 Å². The molecule has 1 aromatic rings. The lowest BCUT2D eigenvalue weighted by Crippen LogP contribution is -2.00. The lowest BCUT2D eigenvalue weighted by Gasteiger charge is -2.06. The molecule has 1 atom stereocenters. The van der Waals surface area contributed by atoms with Crippen LogP contribution in [-0.4, -0.2) is 11.2 Å². The van der Waals surface area contributed by atoms with Gasteiger partial charge in [0.25, 0.3) is 0 Å². The number of rotatable bonds is 3. The van der Waals surface area contributed by atoms with Crippen molar-refractivity contribution in [2.75, 3.05) is 0 Å². The zero-order chi connectivity index (χ0) is 11.2. The minimum atomic E-state index is -0.201. The number of hydrogen-bond donors (Lipinski definition) is 1. The highest BCUT2D eigenvalue weighted by atomic mass is 16.3. The molecule has 1 heteroatoms. The van der Waals surface area contributed by atoms with E-state index >= 15 is 0 Å². The first kappa shape index (κ1) is 11.4. The van der Waals surface area contributed by atoms with Gasteiger partial charge < -0.3 is 5.11 Å². The topological polar surface area (TPSA) is 20.2 Å². The molecular formula is C15H20O. The third-order valence-electron chi connectivity index (χ3n) is 3.25. The summed E-state index contributed by atoms with van der Waals surface area (Å²) in [6.45, 7) is 0. The highest BCUT2D eigenvalue weighted by molar-refractivity contribution is 5.17. The van der Waals surface area contributed by atoms with Crippen LogP contribution in [-0.2, 0) is 6.42 Å². The van der Waals surface area contributed by atoms with E-state index in [1.54, 1.807) is 0 Å². The number of benzene rings is 1. The second kappa shape index (κ2) is 5.86. The molecule has 86 valence electrons. The van der Waals surface area contributed by atoms with Gasteiger partial charge in [0.1, 0.15) is 0 Å². The maximum atomic E-state index is 9.68. The van der Waals surface area contributed by atoms with Crippen LogP contribution < -0.4 is 0 Å². The van der Waals surface area contributed by atoms with Gasteiger partial charge in [0, 0.05) is 0 Å². The van der Waals surface area contributed by atoms with E-state index in [0.717, 1.165) is 25.7 Å². The zero-order valence-electron chi connectivity index (χ0n) is 9.73. The Labute approximate surface area is 97.8 Å². The molecule has 0 spiro atoms. The second-order valence-electron chi connectivity index (χ2n) is 4.62. The Hall–Kier alpha value is -1.08. The Morgan fingerprint density at radius 3 is 2.69 bits per heavy atom. The van der Waals surface area contributed by atoms with Crippen LogP contribution in [0, 0.1) is 0 Å². The standard InChI is InChI=1S/C15H20O/c16-15-9-5-4-8-14(12-15)11-10-13-6-2-1-3-7-13/h1-3,6-7,12,15-16H,4-5,8-11H2. The van der Waals surface area contributed by atoms with Crippen molar-refractivity contribution in [2.45, 2.75) is 44.6 Å². The highest BCUT2D eigenvalue weighted by Gasteiger charge is 2.08. The van der Waals surface area contributed by atoms with Crippen molar-refractivity contribution in [1.29, 1.82) is 0 Å². The average Bonchev–Trinajstić information content (AvgIpc) is 2.52.